The minimum absolute atomic E-state index is 0.0534. The van der Waals surface area contributed by atoms with Crippen LogP contribution in [0.3, 0.4) is 0 Å². The van der Waals surface area contributed by atoms with Crippen LogP contribution in [0.4, 0.5) is 5.82 Å². The van der Waals surface area contributed by atoms with Crippen LogP contribution in [-0.4, -0.2) is 42.5 Å². The largest absolute Gasteiger partial charge is 0.394 e. The summed E-state index contributed by atoms with van der Waals surface area (Å²) in [6, 6.07) is 3.67. The predicted molar refractivity (Wildman–Crippen MR) is 72.2 cm³/mol. The topological polar surface area (TPSA) is 69.4 Å². The highest BCUT2D eigenvalue weighted by Gasteiger charge is 2.22. The van der Waals surface area contributed by atoms with Crippen molar-refractivity contribution in [1.82, 2.24) is 4.98 Å². The molecule has 6 heteroatoms. The van der Waals surface area contributed by atoms with E-state index in [0.29, 0.717) is 23.0 Å². The fourth-order valence-corrected chi connectivity index (χ4v) is 2.47. The number of pyridine rings is 1. The number of aliphatic hydroxyl groups is 1. The highest BCUT2D eigenvalue weighted by Crippen LogP contribution is 2.28. The Kier molecular flexibility index (Phi) is 4.97. The number of ether oxygens (including phenoxy) is 1. The fourth-order valence-electron chi connectivity index (χ4n) is 2.19. The van der Waals surface area contributed by atoms with E-state index in [2.05, 4.69) is 16.0 Å². The van der Waals surface area contributed by atoms with Crippen LogP contribution in [0.15, 0.2) is 12.3 Å². The number of nitriles is 1. The molecule has 1 aliphatic rings. The number of aliphatic hydroxyl groups excluding tert-OH is 1. The summed E-state index contributed by atoms with van der Waals surface area (Å²) < 4.78 is 5.51. The van der Waals surface area contributed by atoms with Gasteiger partial charge in [0.1, 0.15) is 16.9 Å². The normalized spacial score (nSPS) is 16.4. The number of hydrogen-bond acceptors (Lipinski definition) is 5. The number of nitrogens with zero attached hydrogens (tertiary/aromatic N) is 3. The maximum atomic E-state index is 8.96. The molecule has 1 saturated heterocycles. The molecule has 0 unspecified atom stereocenters. The van der Waals surface area contributed by atoms with Gasteiger partial charge in [-0.15, -0.1) is 0 Å². The molecule has 0 aromatic carbocycles. The predicted octanol–water partition coefficient (Wildman–Crippen LogP) is 1.58. The molecule has 0 aliphatic carbocycles. The van der Waals surface area contributed by atoms with Gasteiger partial charge in [0.05, 0.1) is 24.9 Å². The molecule has 1 fully saturated rings. The Balaban J connectivity index is 2.00. The standard InChI is InChI=1S/C13H16ClN3O2/c14-12-10(9-15)1-4-16-13(12)17-5-2-11(3-6-17)19-8-7-18/h1,4,11,18H,2-3,5-8H2. The van der Waals surface area contributed by atoms with Gasteiger partial charge in [-0.1, -0.05) is 11.6 Å². The SMILES string of the molecule is N#Cc1ccnc(N2CCC(OCCO)CC2)c1Cl. The molecule has 1 aromatic rings. The summed E-state index contributed by atoms with van der Waals surface area (Å²) in [7, 11) is 0. The molecule has 0 bridgehead atoms. The van der Waals surface area contributed by atoms with Crippen LogP contribution in [0.1, 0.15) is 18.4 Å². The van der Waals surface area contributed by atoms with Gasteiger partial charge < -0.3 is 14.7 Å². The Bertz CT molecular complexity index is 467. The van der Waals surface area contributed by atoms with Crippen molar-refractivity contribution in [3.05, 3.63) is 22.8 Å². The Morgan fingerprint density at radius 1 is 1.53 bits per heavy atom. The molecule has 2 heterocycles. The van der Waals surface area contributed by atoms with E-state index in [9.17, 15) is 0 Å². The van der Waals surface area contributed by atoms with E-state index in [0.717, 1.165) is 25.9 Å². The number of anilines is 1. The molecule has 1 aromatic heterocycles. The minimum atomic E-state index is 0.0534. The van der Waals surface area contributed by atoms with E-state index >= 15 is 0 Å². The molecule has 0 saturated carbocycles. The highest BCUT2D eigenvalue weighted by atomic mass is 35.5. The Labute approximate surface area is 117 Å². The van der Waals surface area contributed by atoms with Crippen LogP contribution in [0.5, 0.6) is 0 Å². The van der Waals surface area contributed by atoms with Gasteiger partial charge in [-0.3, -0.25) is 0 Å². The number of rotatable bonds is 4. The van der Waals surface area contributed by atoms with E-state index in [1.165, 1.54) is 0 Å². The van der Waals surface area contributed by atoms with Crippen molar-refractivity contribution in [2.24, 2.45) is 0 Å². The minimum Gasteiger partial charge on any atom is -0.394 e. The first-order chi connectivity index (χ1) is 9.26. The number of halogens is 1. The molecule has 102 valence electrons. The lowest BCUT2D eigenvalue weighted by Crippen LogP contribution is -2.38. The summed E-state index contributed by atoms with van der Waals surface area (Å²) in [6.45, 7) is 2.01. The van der Waals surface area contributed by atoms with Gasteiger partial charge in [-0.05, 0) is 18.9 Å². The third-order valence-electron chi connectivity index (χ3n) is 3.18. The zero-order valence-electron chi connectivity index (χ0n) is 10.5. The molecule has 1 aliphatic heterocycles. The van der Waals surface area contributed by atoms with Gasteiger partial charge in [0.2, 0.25) is 0 Å². The molecule has 5 nitrogen and oxygen atoms in total. The Hall–Kier alpha value is -1.35. The number of piperidine rings is 1. The average molecular weight is 282 g/mol. The van der Waals surface area contributed by atoms with Crippen LogP contribution in [0, 0.1) is 11.3 Å². The summed E-state index contributed by atoms with van der Waals surface area (Å²) in [5, 5.41) is 18.1. The van der Waals surface area contributed by atoms with Gasteiger partial charge in [-0.25, -0.2) is 4.98 Å². The summed E-state index contributed by atoms with van der Waals surface area (Å²) in [5.41, 5.74) is 0.449. The van der Waals surface area contributed by atoms with Crippen LogP contribution in [0.2, 0.25) is 5.02 Å². The van der Waals surface area contributed by atoms with E-state index in [4.69, 9.17) is 26.7 Å². The lowest BCUT2D eigenvalue weighted by atomic mass is 10.1. The van der Waals surface area contributed by atoms with Gasteiger partial charge in [0.25, 0.3) is 0 Å². The molecular formula is C13H16ClN3O2. The van der Waals surface area contributed by atoms with Crippen LogP contribution in [-0.2, 0) is 4.74 Å². The molecule has 0 radical (unpaired) electrons. The van der Waals surface area contributed by atoms with Crippen molar-refractivity contribution in [2.75, 3.05) is 31.2 Å². The molecule has 0 spiro atoms. The van der Waals surface area contributed by atoms with Crippen molar-refractivity contribution in [2.45, 2.75) is 18.9 Å². The summed E-state index contributed by atoms with van der Waals surface area (Å²) >= 11 is 6.17. The average Bonchev–Trinajstić information content (AvgIpc) is 2.46. The fraction of sp³-hybridized carbons (Fsp3) is 0.538. The molecule has 1 N–H and O–H groups in total. The summed E-state index contributed by atoms with van der Waals surface area (Å²) in [5.74, 6) is 0.668. The van der Waals surface area contributed by atoms with E-state index in [-0.39, 0.29) is 12.7 Å². The van der Waals surface area contributed by atoms with Gasteiger partial charge >= 0.3 is 0 Å². The van der Waals surface area contributed by atoms with Gasteiger partial charge in [0, 0.05) is 19.3 Å². The third kappa shape index (κ3) is 3.35. The third-order valence-corrected chi connectivity index (χ3v) is 3.55. The maximum Gasteiger partial charge on any atom is 0.148 e. The first-order valence-corrected chi connectivity index (χ1v) is 6.66. The molecule has 2 rings (SSSR count). The van der Waals surface area contributed by atoms with Crippen LogP contribution >= 0.6 is 11.6 Å². The zero-order valence-corrected chi connectivity index (χ0v) is 11.3. The lowest BCUT2D eigenvalue weighted by Gasteiger charge is -2.33. The zero-order chi connectivity index (χ0) is 13.7. The number of aromatic nitrogens is 1. The lowest BCUT2D eigenvalue weighted by molar-refractivity contribution is 0.0158. The monoisotopic (exact) mass is 281 g/mol. The van der Waals surface area contributed by atoms with Crippen LogP contribution in [0.25, 0.3) is 0 Å². The van der Waals surface area contributed by atoms with Gasteiger partial charge in [0.15, 0.2) is 0 Å². The number of hydrogen-bond donors (Lipinski definition) is 1. The Morgan fingerprint density at radius 3 is 2.89 bits per heavy atom. The van der Waals surface area contributed by atoms with E-state index < -0.39 is 0 Å². The van der Waals surface area contributed by atoms with Crippen molar-refractivity contribution >= 4 is 17.4 Å². The quantitative estimate of drug-likeness (QED) is 0.907. The smallest absolute Gasteiger partial charge is 0.148 e. The molecule has 0 atom stereocenters. The van der Waals surface area contributed by atoms with Crippen molar-refractivity contribution in [1.29, 1.82) is 5.26 Å². The van der Waals surface area contributed by atoms with Gasteiger partial charge in [-0.2, -0.15) is 5.26 Å². The molecule has 19 heavy (non-hydrogen) atoms. The first-order valence-electron chi connectivity index (χ1n) is 6.28. The second kappa shape index (κ2) is 6.71. The van der Waals surface area contributed by atoms with E-state index in [1.807, 2.05) is 0 Å². The van der Waals surface area contributed by atoms with Crippen LogP contribution < -0.4 is 4.90 Å². The highest BCUT2D eigenvalue weighted by molar-refractivity contribution is 6.34. The summed E-state index contributed by atoms with van der Waals surface area (Å²) in [4.78, 5) is 6.33. The maximum absolute atomic E-state index is 8.96. The summed E-state index contributed by atoms with van der Waals surface area (Å²) in [6.07, 6.45) is 3.53. The molecular weight excluding hydrogens is 266 g/mol. The molecule has 0 amide bonds. The van der Waals surface area contributed by atoms with E-state index in [1.54, 1.807) is 12.3 Å². The van der Waals surface area contributed by atoms with Crippen molar-refractivity contribution in [3.8, 4) is 6.07 Å². The second-order valence-corrected chi connectivity index (χ2v) is 4.77. The Morgan fingerprint density at radius 2 is 2.26 bits per heavy atom. The van der Waals surface area contributed by atoms with Crippen molar-refractivity contribution in [3.63, 3.8) is 0 Å². The first kappa shape index (κ1) is 14.1. The second-order valence-electron chi connectivity index (χ2n) is 4.39. The van der Waals surface area contributed by atoms with Crippen molar-refractivity contribution < 1.29 is 9.84 Å².